The molecule has 5 aromatic rings. The first kappa shape index (κ1) is 22.2. The molecule has 9 heteroatoms. The summed E-state index contributed by atoms with van der Waals surface area (Å²) in [6.45, 7) is 0.274. The summed E-state index contributed by atoms with van der Waals surface area (Å²) in [5.74, 6) is -0.126. The van der Waals surface area contributed by atoms with Crippen LogP contribution in [0.25, 0.3) is 33.7 Å². The lowest BCUT2D eigenvalue weighted by Crippen LogP contribution is -2.48. The third-order valence-electron chi connectivity index (χ3n) is 5.45. The van der Waals surface area contributed by atoms with Crippen LogP contribution in [0.4, 0.5) is 5.69 Å². The molecule has 0 aliphatic carbocycles. The van der Waals surface area contributed by atoms with Crippen molar-refractivity contribution in [2.45, 2.75) is 6.54 Å². The smallest absolute Gasteiger partial charge is 0.307 e. The normalized spacial score (nSPS) is 10.9. The molecule has 5 rings (SSSR count). The third kappa shape index (κ3) is 4.44. The van der Waals surface area contributed by atoms with Gasteiger partial charge >= 0.3 is 5.91 Å². The second-order valence-corrected chi connectivity index (χ2v) is 8.19. The number of benzene rings is 2. The van der Waals surface area contributed by atoms with Crippen molar-refractivity contribution >= 4 is 40.0 Å². The highest BCUT2D eigenvalue weighted by atomic mass is 32.1. The Labute approximate surface area is 206 Å². The van der Waals surface area contributed by atoms with E-state index >= 15 is 0 Å². The van der Waals surface area contributed by atoms with Gasteiger partial charge in [0.05, 0.1) is 29.6 Å². The molecule has 35 heavy (non-hydrogen) atoms. The van der Waals surface area contributed by atoms with E-state index in [-0.39, 0.29) is 28.8 Å². The molecule has 2 aromatic carbocycles. The summed E-state index contributed by atoms with van der Waals surface area (Å²) < 4.78 is 11.5. The summed E-state index contributed by atoms with van der Waals surface area (Å²) in [6, 6.07) is 24.5. The van der Waals surface area contributed by atoms with Gasteiger partial charge in [-0.25, -0.2) is 4.98 Å². The van der Waals surface area contributed by atoms with Crippen LogP contribution in [0.2, 0.25) is 0 Å². The molecule has 1 amide bonds. The number of furan rings is 2. The number of nitrogens with zero attached hydrogens (tertiary/aromatic N) is 2. The zero-order valence-corrected chi connectivity index (χ0v) is 19.3. The number of carbonyl (C=O) groups is 1. The van der Waals surface area contributed by atoms with Crippen molar-refractivity contribution in [3.8, 4) is 22.6 Å². The van der Waals surface area contributed by atoms with E-state index < -0.39 is 5.91 Å². The Morgan fingerprint density at radius 3 is 2.40 bits per heavy atom. The second kappa shape index (κ2) is 9.32. The molecule has 174 valence electrons. The standard InChI is InChI=1S/C26H21N5O3S/c27-22-21-18(20-12-7-13-33-20)14-19(17-10-5-2-6-11-17)29-25(21)34-23(22)24(32)30-31(26(28)35)15-16-8-3-1-4-9-16/h1-14H,15,27H2,(H2,28,35)(H,30,32). The molecule has 0 radical (unpaired) electrons. The highest BCUT2D eigenvalue weighted by Crippen LogP contribution is 2.38. The molecular formula is C26H21N5O3S. The van der Waals surface area contributed by atoms with Crippen LogP contribution in [0.3, 0.4) is 0 Å². The Bertz CT molecular complexity index is 1500. The Kier molecular flexibility index (Phi) is 5.90. The fourth-order valence-corrected chi connectivity index (χ4v) is 3.89. The minimum atomic E-state index is -0.601. The van der Waals surface area contributed by atoms with Gasteiger partial charge < -0.3 is 20.3 Å². The molecule has 0 unspecified atom stereocenters. The highest BCUT2D eigenvalue weighted by molar-refractivity contribution is 7.80. The Hall–Kier alpha value is -4.63. The van der Waals surface area contributed by atoms with Gasteiger partial charge in [0.15, 0.2) is 5.11 Å². The predicted octanol–water partition coefficient (Wildman–Crippen LogP) is 4.73. The number of anilines is 1. The van der Waals surface area contributed by atoms with Crippen LogP contribution in [0.1, 0.15) is 16.1 Å². The number of nitrogen functional groups attached to an aromatic ring is 1. The van der Waals surface area contributed by atoms with Gasteiger partial charge in [0.1, 0.15) is 5.76 Å². The molecular weight excluding hydrogens is 462 g/mol. The van der Waals surface area contributed by atoms with Crippen molar-refractivity contribution in [2.75, 3.05) is 5.73 Å². The van der Waals surface area contributed by atoms with Crippen molar-refractivity contribution in [2.24, 2.45) is 5.73 Å². The largest absolute Gasteiger partial charge is 0.464 e. The minimum Gasteiger partial charge on any atom is -0.464 e. The molecule has 3 aromatic heterocycles. The van der Waals surface area contributed by atoms with E-state index in [4.69, 9.17) is 32.5 Å². The Morgan fingerprint density at radius 2 is 1.74 bits per heavy atom. The van der Waals surface area contributed by atoms with Crippen LogP contribution in [0, 0.1) is 0 Å². The number of carbonyl (C=O) groups excluding carboxylic acids is 1. The first-order chi connectivity index (χ1) is 17.0. The van der Waals surface area contributed by atoms with Crippen molar-refractivity contribution < 1.29 is 13.6 Å². The van der Waals surface area contributed by atoms with Crippen molar-refractivity contribution in [3.63, 3.8) is 0 Å². The first-order valence-electron chi connectivity index (χ1n) is 10.8. The van der Waals surface area contributed by atoms with Crippen molar-refractivity contribution in [1.29, 1.82) is 0 Å². The van der Waals surface area contributed by atoms with Gasteiger partial charge in [0, 0.05) is 11.1 Å². The van der Waals surface area contributed by atoms with E-state index in [1.54, 1.807) is 12.3 Å². The maximum atomic E-state index is 13.2. The summed E-state index contributed by atoms with van der Waals surface area (Å²) >= 11 is 5.13. The second-order valence-electron chi connectivity index (χ2n) is 7.77. The molecule has 0 bridgehead atoms. The molecule has 5 N–H and O–H groups in total. The van der Waals surface area contributed by atoms with E-state index in [2.05, 4.69) is 10.4 Å². The van der Waals surface area contributed by atoms with Gasteiger partial charge in [0.2, 0.25) is 11.5 Å². The van der Waals surface area contributed by atoms with Gasteiger partial charge in [-0.3, -0.25) is 15.2 Å². The number of hydrazine groups is 1. The Morgan fingerprint density at radius 1 is 1.03 bits per heavy atom. The fourth-order valence-electron chi connectivity index (χ4n) is 3.78. The summed E-state index contributed by atoms with van der Waals surface area (Å²) in [5, 5.41) is 1.84. The first-order valence-corrected chi connectivity index (χ1v) is 11.2. The van der Waals surface area contributed by atoms with Crippen LogP contribution >= 0.6 is 12.2 Å². The van der Waals surface area contributed by atoms with Crippen LogP contribution in [0.5, 0.6) is 0 Å². The van der Waals surface area contributed by atoms with E-state index in [9.17, 15) is 4.79 Å². The lowest BCUT2D eigenvalue weighted by Gasteiger charge is -2.23. The summed E-state index contributed by atoms with van der Waals surface area (Å²) in [4.78, 5) is 17.8. The van der Waals surface area contributed by atoms with Gasteiger partial charge in [-0.15, -0.1) is 0 Å². The monoisotopic (exact) mass is 483 g/mol. The Balaban J connectivity index is 1.55. The highest BCUT2D eigenvalue weighted by Gasteiger charge is 2.25. The lowest BCUT2D eigenvalue weighted by molar-refractivity contribution is 0.0840. The average Bonchev–Trinajstić information content (AvgIpc) is 3.53. The molecule has 0 fully saturated rings. The number of hydrogen-bond acceptors (Lipinski definition) is 6. The van der Waals surface area contributed by atoms with Crippen molar-refractivity contribution in [3.05, 3.63) is 96.4 Å². The third-order valence-corrected chi connectivity index (χ3v) is 5.67. The van der Waals surface area contributed by atoms with Crippen LogP contribution in [-0.2, 0) is 6.54 Å². The van der Waals surface area contributed by atoms with Crippen LogP contribution in [0.15, 0.2) is 94.0 Å². The lowest BCUT2D eigenvalue weighted by atomic mass is 10.0. The van der Waals surface area contributed by atoms with Crippen LogP contribution < -0.4 is 16.9 Å². The van der Waals surface area contributed by atoms with E-state index in [0.717, 1.165) is 11.1 Å². The number of hydrogen-bond donors (Lipinski definition) is 3. The van der Waals surface area contributed by atoms with E-state index in [1.165, 1.54) is 5.01 Å². The quantitative estimate of drug-likeness (QED) is 0.242. The fraction of sp³-hybridized carbons (Fsp3) is 0.0385. The zero-order chi connectivity index (χ0) is 24.4. The van der Waals surface area contributed by atoms with Gasteiger partial charge in [-0.2, -0.15) is 0 Å². The topological polar surface area (TPSA) is 124 Å². The summed E-state index contributed by atoms with van der Waals surface area (Å²) in [7, 11) is 0. The molecule has 0 aliphatic rings. The number of aromatic nitrogens is 1. The average molecular weight is 484 g/mol. The predicted molar refractivity (Wildman–Crippen MR) is 138 cm³/mol. The number of rotatable bonds is 5. The number of fused-ring (bicyclic) bond motifs is 1. The van der Waals surface area contributed by atoms with Gasteiger partial charge in [-0.1, -0.05) is 60.7 Å². The minimum absolute atomic E-state index is 0.00218. The zero-order valence-electron chi connectivity index (χ0n) is 18.5. The van der Waals surface area contributed by atoms with E-state index in [0.29, 0.717) is 22.4 Å². The molecule has 8 nitrogen and oxygen atoms in total. The molecule has 0 saturated heterocycles. The SMILES string of the molecule is NC(=S)N(Cc1ccccc1)NC(=O)c1oc2nc(-c3ccccc3)cc(-c3ccco3)c2c1N. The number of nitrogens with one attached hydrogen (secondary N) is 1. The molecule has 0 spiro atoms. The van der Waals surface area contributed by atoms with Gasteiger partial charge in [0.25, 0.3) is 0 Å². The molecule has 0 aliphatic heterocycles. The summed E-state index contributed by atoms with van der Waals surface area (Å²) in [6.07, 6.45) is 1.57. The molecule has 3 heterocycles. The van der Waals surface area contributed by atoms with E-state index in [1.807, 2.05) is 72.8 Å². The molecule has 0 saturated carbocycles. The molecule has 0 atom stereocenters. The van der Waals surface area contributed by atoms with Crippen LogP contribution in [-0.4, -0.2) is 21.0 Å². The maximum Gasteiger partial charge on any atom is 0.307 e. The van der Waals surface area contributed by atoms with Crippen molar-refractivity contribution in [1.82, 2.24) is 15.4 Å². The summed E-state index contributed by atoms with van der Waals surface area (Å²) in [5.41, 5.74) is 18.4. The number of pyridine rings is 1. The van der Waals surface area contributed by atoms with Gasteiger partial charge in [-0.05, 0) is 36.0 Å². The number of thiocarbonyl (C=S) groups is 1. The maximum absolute atomic E-state index is 13.2. The number of nitrogens with two attached hydrogens (primary N) is 2. The number of amides is 1.